The zero-order chi connectivity index (χ0) is 15.4. The maximum Gasteiger partial charge on any atom is 0.252 e. The van der Waals surface area contributed by atoms with Gasteiger partial charge in [-0.15, -0.1) is 0 Å². The minimum absolute atomic E-state index is 0.0365. The molecule has 0 aliphatic carbocycles. The van der Waals surface area contributed by atoms with Gasteiger partial charge >= 0.3 is 0 Å². The third-order valence-corrected chi connectivity index (χ3v) is 4.11. The van der Waals surface area contributed by atoms with Crippen LogP contribution in [0.2, 0.25) is 0 Å². The maximum absolute atomic E-state index is 12.4. The molecule has 0 saturated carbocycles. The molecule has 0 radical (unpaired) electrons. The summed E-state index contributed by atoms with van der Waals surface area (Å²) in [4.78, 5) is 12.4. The van der Waals surface area contributed by atoms with Gasteiger partial charge in [-0.05, 0) is 31.0 Å². The summed E-state index contributed by atoms with van der Waals surface area (Å²) >= 11 is 0. The first-order valence-corrected chi connectivity index (χ1v) is 7.76. The van der Waals surface area contributed by atoms with Crippen molar-refractivity contribution < 1.29 is 14.3 Å². The lowest BCUT2D eigenvalue weighted by molar-refractivity contribution is 0.0859. The number of carbonyl (C=O) groups excluding carboxylic acids is 1. The minimum Gasteiger partial charge on any atom is -0.383 e. The molecule has 3 rings (SSSR count). The van der Waals surface area contributed by atoms with Crippen molar-refractivity contribution >= 4 is 16.8 Å². The monoisotopic (exact) mass is 302 g/mol. The zero-order valence-electron chi connectivity index (χ0n) is 12.9. The third-order valence-electron chi connectivity index (χ3n) is 4.11. The van der Waals surface area contributed by atoms with E-state index in [4.69, 9.17) is 9.47 Å². The lowest BCUT2D eigenvalue weighted by atomic mass is 10.1. The Morgan fingerprint density at radius 1 is 1.45 bits per heavy atom. The van der Waals surface area contributed by atoms with Crippen molar-refractivity contribution in [2.45, 2.75) is 25.5 Å². The number of nitrogens with one attached hydrogen (secondary N) is 1. The van der Waals surface area contributed by atoms with Gasteiger partial charge < -0.3 is 19.4 Å². The van der Waals surface area contributed by atoms with Gasteiger partial charge in [-0.1, -0.05) is 6.07 Å². The Morgan fingerprint density at radius 2 is 2.36 bits per heavy atom. The Bertz CT molecular complexity index is 644. The van der Waals surface area contributed by atoms with Crippen molar-refractivity contribution in [3.05, 3.63) is 36.0 Å². The first kappa shape index (κ1) is 15.1. The third kappa shape index (κ3) is 3.15. The average molecular weight is 302 g/mol. The number of hydrogen-bond donors (Lipinski definition) is 1. The molecule has 2 heterocycles. The molecule has 5 nitrogen and oxygen atoms in total. The fourth-order valence-electron chi connectivity index (χ4n) is 2.91. The van der Waals surface area contributed by atoms with E-state index in [0.717, 1.165) is 36.9 Å². The molecule has 1 aliphatic rings. The second kappa shape index (κ2) is 6.94. The van der Waals surface area contributed by atoms with Gasteiger partial charge in [0.1, 0.15) is 0 Å². The molecule has 1 aromatic heterocycles. The highest BCUT2D eigenvalue weighted by Gasteiger charge is 2.18. The van der Waals surface area contributed by atoms with Crippen molar-refractivity contribution in [3.63, 3.8) is 0 Å². The normalized spacial score (nSPS) is 18.0. The van der Waals surface area contributed by atoms with E-state index < -0.39 is 0 Å². The molecular weight excluding hydrogens is 280 g/mol. The first-order chi connectivity index (χ1) is 10.8. The second-order valence-corrected chi connectivity index (χ2v) is 5.59. The van der Waals surface area contributed by atoms with Crippen LogP contribution in [-0.2, 0) is 16.0 Å². The lowest BCUT2D eigenvalue weighted by Crippen LogP contribution is -2.31. The molecule has 118 valence electrons. The van der Waals surface area contributed by atoms with Gasteiger partial charge in [-0.2, -0.15) is 0 Å². The number of rotatable bonds is 6. The molecule has 22 heavy (non-hydrogen) atoms. The number of aromatic nitrogens is 1. The van der Waals surface area contributed by atoms with Crippen LogP contribution >= 0.6 is 0 Å². The van der Waals surface area contributed by atoms with Crippen molar-refractivity contribution in [2.24, 2.45) is 0 Å². The molecule has 5 heteroatoms. The summed E-state index contributed by atoms with van der Waals surface area (Å²) in [6.07, 6.45) is 4.27. The molecule has 1 fully saturated rings. The molecule has 1 amide bonds. The highest BCUT2D eigenvalue weighted by Crippen LogP contribution is 2.20. The number of nitrogens with zero attached hydrogens (tertiary/aromatic N) is 1. The SMILES string of the molecule is COCCn1ccc2c(C(=O)NC[C@H]3CCCO3)cccc21. The number of amides is 1. The molecule has 1 aliphatic heterocycles. The van der Waals surface area contributed by atoms with E-state index in [1.807, 2.05) is 30.5 Å². The minimum atomic E-state index is -0.0365. The molecular formula is C17H22N2O3. The first-order valence-electron chi connectivity index (χ1n) is 7.76. The topological polar surface area (TPSA) is 52.5 Å². The van der Waals surface area contributed by atoms with E-state index in [2.05, 4.69) is 9.88 Å². The smallest absolute Gasteiger partial charge is 0.252 e. The molecule has 1 aromatic carbocycles. The van der Waals surface area contributed by atoms with E-state index in [-0.39, 0.29) is 12.0 Å². The highest BCUT2D eigenvalue weighted by atomic mass is 16.5. The number of hydrogen-bond acceptors (Lipinski definition) is 3. The van der Waals surface area contributed by atoms with Gasteiger partial charge in [-0.3, -0.25) is 4.79 Å². The zero-order valence-corrected chi connectivity index (χ0v) is 12.9. The van der Waals surface area contributed by atoms with Crippen molar-refractivity contribution in [3.8, 4) is 0 Å². The Labute approximate surface area is 130 Å². The quantitative estimate of drug-likeness (QED) is 0.890. The van der Waals surface area contributed by atoms with Gasteiger partial charge in [0.15, 0.2) is 0 Å². The van der Waals surface area contributed by atoms with E-state index in [0.29, 0.717) is 18.7 Å². The van der Waals surface area contributed by atoms with Crippen LogP contribution < -0.4 is 5.32 Å². The summed E-state index contributed by atoms with van der Waals surface area (Å²) in [5, 5.41) is 3.96. The summed E-state index contributed by atoms with van der Waals surface area (Å²) < 4.78 is 12.8. The number of ether oxygens (including phenoxy) is 2. The van der Waals surface area contributed by atoms with E-state index in [9.17, 15) is 4.79 Å². The Kier molecular flexibility index (Phi) is 4.75. The number of methoxy groups -OCH3 is 1. The molecule has 1 saturated heterocycles. The summed E-state index contributed by atoms with van der Waals surface area (Å²) in [5.74, 6) is -0.0365. The van der Waals surface area contributed by atoms with Gasteiger partial charge in [0.25, 0.3) is 5.91 Å². The molecule has 1 atom stereocenters. The molecule has 2 aromatic rings. The Hall–Kier alpha value is -1.85. The fraction of sp³-hybridized carbons (Fsp3) is 0.471. The van der Waals surface area contributed by atoms with E-state index in [1.54, 1.807) is 7.11 Å². The number of carbonyl (C=O) groups is 1. The highest BCUT2D eigenvalue weighted by molar-refractivity contribution is 6.06. The van der Waals surface area contributed by atoms with Crippen LogP contribution in [0.25, 0.3) is 10.9 Å². The Balaban J connectivity index is 1.74. The average Bonchev–Trinajstić information content (AvgIpc) is 3.19. The lowest BCUT2D eigenvalue weighted by Gasteiger charge is -2.11. The van der Waals surface area contributed by atoms with Gasteiger partial charge in [-0.25, -0.2) is 0 Å². The summed E-state index contributed by atoms with van der Waals surface area (Å²) in [6.45, 7) is 2.82. The van der Waals surface area contributed by atoms with E-state index >= 15 is 0 Å². The van der Waals surface area contributed by atoms with Crippen LogP contribution in [0.4, 0.5) is 0 Å². The Morgan fingerprint density at radius 3 is 3.14 bits per heavy atom. The number of fused-ring (bicyclic) bond motifs is 1. The van der Waals surface area contributed by atoms with Crippen LogP contribution in [0.1, 0.15) is 23.2 Å². The van der Waals surface area contributed by atoms with Crippen LogP contribution in [-0.4, -0.2) is 43.4 Å². The van der Waals surface area contributed by atoms with Crippen molar-refractivity contribution in [2.75, 3.05) is 26.9 Å². The molecule has 0 bridgehead atoms. The predicted molar refractivity (Wildman–Crippen MR) is 85.1 cm³/mol. The fourth-order valence-corrected chi connectivity index (χ4v) is 2.91. The summed E-state index contributed by atoms with van der Waals surface area (Å²) in [7, 11) is 1.69. The summed E-state index contributed by atoms with van der Waals surface area (Å²) in [5.41, 5.74) is 1.77. The van der Waals surface area contributed by atoms with Gasteiger partial charge in [0, 0.05) is 49.5 Å². The van der Waals surface area contributed by atoms with Crippen LogP contribution in [0.5, 0.6) is 0 Å². The largest absolute Gasteiger partial charge is 0.383 e. The van der Waals surface area contributed by atoms with Crippen molar-refractivity contribution in [1.82, 2.24) is 9.88 Å². The second-order valence-electron chi connectivity index (χ2n) is 5.59. The van der Waals surface area contributed by atoms with Crippen LogP contribution in [0.3, 0.4) is 0 Å². The standard InChI is InChI=1S/C17H22N2O3/c1-21-11-9-19-8-7-14-15(5-2-6-16(14)19)17(20)18-12-13-4-3-10-22-13/h2,5-8,13H,3-4,9-12H2,1H3,(H,18,20)/t13-/m1/s1. The van der Waals surface area contributed by atoms with Crippen LogP contribution in [0, 0.1) is 0 Å². The maximum atomic E-state index is 12.4. The molecule has 1 N–H and O–H groups in total. The van der Waals surface area contributed by atoms with Gasteiger partial charge in [0.2, 0.25) is 0 Å². The van der Waals surface area contributed by atoms with Crippen LogP contribution in [0.15, 0.2) is 30.5 Å². The van der Waals surface area contributed by atoms with Gasteiger partial charge in [0.05, 0.1) is 12.7 Å². The van der Waals surface area contributed by atoms with E-state index in [1.165, 1.54) is 0 Å². The van der Waals surface area contributed by atoms with Crippen molar-refractivity contribution in [1.29, 1.82) is 0 Å². The molecule has 0 unspecified atom stereocenters. The number of benzene rings is 1. The predicted octanol–water partition coefficient (Wildman–Crippen LogP) is 2.20. The summed E-state index contributed by atoms with van der Waals surface area (Å²) in [6, 6.07) is 7.81. The molecule has 0 spiro atoms.